The summed E-state index contributed by atoms with van der Waals surface area (Å²) in [5, 5.41) is 9.36. The molecule has 0 aliphatic carbocycles. The molecule has 0 saturated carbocycles. The van der Waals surface area contributed by atoms with Crippen LogP contribution in [0.5, 0.6) is 0 Å². The van der Waals surface area contributed by atoms with Crippen molar-refractivity contribution >= 4 is 11.9 Å². The van der Waals surface area contributed by atoms with E-state index in [1.807, 2.05) is 0 Å². The van der Waals surface area contributed by atoms with E-state index < -0.39 is 18.0 Å². The number of rotatable bonds is 19. The molecule has 0 bridgehead atoms. The Balaban J connectivity index is 3.28. The minimum Gasteiger partial charge on any atom is -0.391 e. The first-order chi connectivity index (χ1) is 13.1. The summed E-state index contributed by atoms with van der Waals surface area (Å²) in [6.07, 6.45) is 18.1. The van der Waals surface area contributed by atoms with Gasteiger partial charge in [-0.15, -0.1) is 0 Å². The minimum atomic E-state index is -1.29. The number of aliphatic hydroxyl groups excluding tert-OH is 1. The van der Waals surface area contributed by atoms with Crippen molar-refractivity contribution < 1.29 is 19.4 Å². The molecule has 160 valence electrons. The Morgan fingerprint density at radius 1 is 0.778 bits per heavy atom. The summed E-state index contributed by atoms with van der Waals surface area (Å²) in [6, 6.07) is 0. The minimum absolute atomic E-state index is 0.116. The summed E-state index contributed by atoms with van der Waals surface area (Å²) in [5.74, 6) is -1.43. The van der Waals surface area contributed by atoms with Gasteiger partial charge in [-0.25, -0.2) is 4.79 Å². The summed E-state index contributed by atoms with van der Waals surface area (Å²) in [4.78, 5) is 22.9. The van der Waals surface area contributed by atoms with Crippen molar-refractivity contribution in [3.05, 3.63) is 0 Å². The van der Waals surface area contributed by atoms with E-state index in [0.29, 0.717) is 0 Å². The highest BCUT2D eigenvalue weighted by Gasteiger charge is 2.18. The molecule has 0 aliphatic heterocycles. The van der Waals surface area contributed by atoms with Gasteiger partial charge in [-0.2, -0.15) is 0 Å². The van der Waals surface area contributed by atoms with E-state index in [1.165, 1.54) is 77.0 Å². The Hall–Kier alpha value is -0.940. The fourth-order valence-corrected chi connectivity index (χ4v) is 3.15. The topological polar surface area (TPSA) is 89.6 Å². The van der Waals surface area contributed by atoms with Gasteiger partial charge in [-0.1, -0.05) is 96.8 Å². The maximum absolute atomic E-state index is 11.5. The largest absolute Gasteiger partial charge is 0.391 e. The van der Waals surface area contributed by atoms with E-state index in [4.69, 9.17) is 5.73 Å². The van der Waals surface area contributed by atoms with Crippen LogP contribution in [0.25, 0.3) is 0 Å². The second-order valence-corrected chi connectivity index (χ2v) is 7.59. The number of aliphatic hydroxyl groups is 1. The van der Waals surface area contributed by atoms with Crippen molar-refractivity contribution in [2.75, 3.05) is 6.54 Å². The van der Waals surface area contributed by atoms with Gasteiger partial charge in [0.2, 0.25) is 0 Å². The van der Waals surface area contributed by atoms with Crippen LogP contribution in [0.1, 0.15) is 116 Å². The fraction of sp³-hybridized carbons (Fsp3) is 0.909. The summed E-state index contributed by atoms with van der Waals surface area (Å²) in [5.41, 5.74) is 5.24. The van der Waals surface area contributed by atoms with Gasteiger partial charge in [-0.3, -0.25) is 4.79 Å². The van der Waals surface area contributed by atoms with Crippen molar-refractivity contribution in [2.24, 2.45) is 5.73 Å². The summed E-state index contributed by atoms with van der Waals surface area (Å²) < 4.78 is 4.60. The molecule has 0 amide bonds. The van der Waals surface area contributed by atoms with Crippen LogP contribution in [0.4, 0.5) is 0 Å². The molecule has 0 heterocycles. The Kier molecular flexibility index (Phi) is 19.1. The molecule has 0 fully saturated rings. The SMILES string of the molecule is CCCCCCCCCCCCCCCCCC(=O)OC(=O)C(O)CCN. The number of carbonyl (C=O) groups excluding carboxylic acids is 2. The molecule has 3 N–H and O–H groups in total. The molecule has 1 unspecified atom stereocenters. The predicted molar refractivity (Wildman–Crippen MR) is 110 cm³/mol. The zero-order valence-corrected chi connectivity index (χ0v) is 17.6. The highest BCUT2D eigenvalue weighted by Crippen LogP contribution is 2.13. The second kappa shape index (κ2) is 19.8. The van der Waals surface area contributed by atoms with Gasteiger partial charge < -0.3 is 15.6 Å². The molecule has 0 aromatic heterocycles. The van der Waals surface area contributed by atoms with Crippen molar-refractivity contribution in [1.29, 1.82) is 0 Å². The molecule has 0 aromatic rings. The number of unbranched alkanes of at least 4 members (excludes halogenated alkanes) is 14. The van der Waals surface area contributed by atoms with Gasteiger partial charge in [0.15, 0.2) is 6.10 Å². The lowest BCUT2D eigenvalue weighted by Crippen LogP contribution is -2.27. The van der Waals surface area contributed by atoms with Crippen molar-refractivity contribution in [3.8, 4) is 0 Å². The summed E-state index contributed by atoms with van der Waals surface area (Å²) in [6.45, 7) is 2.44. The Labute approximate surface area is 166 Å². The van der Waals surface area contributed by atoms with E-state index in [-0.39, 0.29) is 19.4 Å². The van der Waals surface area contributed by atoms with Gasteiger partial charge in [0.05, 0.1) is 0 Å². The fourth-order valence-electron chi connectivity index (χ4n) is 3.15. The Bertz CT molecular complexity index is 360. The number of ether oxygens (including phenoxy) is 1. The normalized spacial score (nSPS) is 12.1. The molecule has 5 heteroatoms. The zero-order chi connectivity index (χ0) is 20.2. The van der Waals surface area contributed by atoms with Crippen LogP contribution in [0.3, 0.4) is 0 Å². The number of hydrogen-bond acceptors (Lipinski definition) is 5. The van der Waals surface area contributed by atoms with E-state index >= 15 is 0 Å². The van der Waals surface area contributed by atoms with Crippen molar-refractivity contribution in [2.45, 2.75) is 122 Å². The molecule has 1 atom stereocenters. The molecule has 27 heavy (non-hydrogen) atoms. The molecule has 0 aromatic carbocycles. The standard InChI is InChI=1S/C22H43NO4/c1-2-3-4-5-6-7-8-9-10-11-12-13-14-15-16-17-21(25)27-22(26)20(24)18-19-23/h20,24H,2-19,23H2,1H3. The second-order valence-electron chi connectivity index (χ2n) is 7.59. The number of hydrogen-bond donors (Lipinski definition) is 2. The average molecular weight is 386 g/mol. The molecule has 0 saturated heterocycles. The molecular formula is C22H43NO4. The third-order valence-electron chi connectivity index (χ3n) is 4.91. The average Bonchev–Trinajstić information content (AvgIpc) is 2.65. The first kappa shape index (κ1) is 26.1. The van der Waals surface area contributed by atoms with Gasteiger partial charge in [-0.05, 0) is 19.4 Å². The van der Waals surface area contributed by atoms with E-state index in [0.717, 1.165) is 19.3 Å². The highest BCUT2D eigenvalue weighted by atomic mass is 16.6. The highest BCUT2D eigenvalue weighted by molar-refractivity contribution is 5.87. The van der Waals surface area contributed by atoms with Crippen molar-refractivity contribution in [1.82, 2.24) is 0 Å². The lowest BCUT2D eigenvalue weighted by molar-refractivity contribution is -0.166. The molecule has 5 nitrogen and oxygen atoms in total. The van der Waals surface area contributed by atoms with E-state index in [9.17, 15) is 14.7 Å². The zero-order valence-electron chi connectivity index (χ0n) is 17.6. The van der Waals surface area contributed by atoms with E-state index in [2.05, 4.69) is 11.7 Å². The smallest absolute Gasteiger partial charge is 0.342 e. The Morgan fingerprint density at radius 2 is 1.19 bits per heavy atom. The first-order valence-electron chi connectivity index (χ1n) is 11.2. The number of carbonyl (C=O) groups is 2. The monoisotopic (exact) mass is 385 g/mol. The van der Waals surface area contributed by atoms with Gasteiger partial charge in [0.1, 0.15) is 0 Å². The first-order valence-corrected chi connectivity index (χ1v) is 11.2. The lowest BCUT2D eigenvalue weighted by Gasteiger charge is -2.08. The Morgan fingerprint density at radius 3 is 1.59 bits per heavy atom. The number of esters is 2. The molecular weight excluding hydrogens is 342 g/mol. The van der Waals surface area contributed by atoms with Crippen LogP contribution in [0.15, 0.2) is 0 Å². The predicted octanol–water partition coefficient (Wildman–Crippen LogP) is 5.03. The molecule has 0 aliphatic rings. The van der Waals surface area contributed by atoms with Crippen LogP contribution >= 0.6 is 0 Å². The summed E-state index contributed by atoms with van der Waals surface area (Å²) in [7, 11) is 0. The maximum Gasteiger partial charge on any atom is 0.342 e. The van der Waals surface area contributed by atoms with Gasteiger partial charge in [0, 0.05) is 6.42 Å². The third kappa shape index (κ3) is 18.2. The maximum atomic E-state index is 11.5. The molecule has 0 radical (unpaired) electrons. The third-order valence-corrected chi connectivity index (χ3v) is 4.91. The summed E-state index contributed by atoms with van der Waals surface area (Å²) >= 11 is 0. The quantitative estimate of drug-likeness (QED) is 0.185. The molecule has 0 rings (SSSR count). The van der Waals surface area contributed by atoms with Crippen LogP contribution in [-0.2, 0) is 14.3 Å². The van der Waals surface area contributed by atoms with Crippen LogP contribution in [-0.4, -0.2) is 29.7 Å². The van der Waals surface area contributed by atoms with Crippen LogP contribution in [0, 0.1) is 0 Å². The van der Waals surface area contributed by atoms with E-state index in [1.54, 1.807) is 0 Å². The van der Waals surface area contributed by atoms with Crippen molar-refractivity contribution in [3.63, 3.8) is 0 Å². The van der Waals surface area contributed by atoms with Crippen LogP contribution in [0.2, 0.25) is 0 Å². The lowest BCUT2D eigenvalue weighted by atomic mass is 10.0. The van der Waals surface area contributed by atoms with Gasteiger partial charge in [0.25, 0.3) is 0 Å². The number of nitrogens with two attached hydrogens (primary N) is 1. The molecule has 0 spiro atoms. The van der Waals surface area contributed by atoms with Gasteiger partial charge >= 0.3 is 11.9 Å². The van der Waals surface area contributed by atoms with Crippen LogP contribution < -0.4 is 5.73 Å².